The van der Waals surface area contributed by atoms with Crippen LogP contribution in [0.1, 0.15) is 43.7 Å². The van der Waals surface area contributed by atoms with E-state index >= 15 is 0 Å². The van der Waals surface area contributed by atoms with Gasteiger partial charge in [-0.2, -0.15) is 0 Å². The van der Waals surface area contributed by atoms with E-state index in [2.05, 4.69) is 10.2 Å². The van der Waals surface area contributed by atoms with E-state index in [1.165, 1.54) is 18.9 Å². The summed E-state index contributed by atoms with van der Waals surface area (Å²) in [5, 5.41) is 2.98. The predicted octanol–water partition coefficient (Wildman–Crippen LogP) is 3.30. The minimum absolute atomic E-state index is 0.151. The molecule has 4 nitrogen and oxygen atoms in total. The molecular weight excluding hydrogens is 324 g/mol. The van der Waals surface area contributed by atoms with Gasteiger partial charge in [0.2, 0.25) is 0 Å². The number of amides is 2. The number of likely N-dealkylation sites (tertiary alicyclic amines) is 2. The zero-order valence-electron chi connectivity index (χ0n) is 14.4. The number of hydrogen-bond donors (Lipinski definition) is 1. The molecule has 25 heavy (non-hydrogen) atoms. The zero-order chi connectivity index (χ0) is 17.4. The number of carbonyl (C=O) groups excluding carboxylic acids is 1. The van der Waals surface area contributed by atoms with Gasteiger partial charge in [0.15, 0.2) is 0 Å². The van der Waals surface area contributed by atoms with Crippen molar-refractivity contribution in [1.82, 2.24) is 15.1 Å². The smallest absolute Gasteiger partial charge is 0.317 e. The highest BCUT2D eigenvalue weighted by molar-refractivity contribution is 5.75. The van der Waals surface area contributed by atoms with Gasteiger partial charge in [-0.1, -0.05) is 0 Å². The minimum Gasteiger partial charge on any atom is -0.331 e. The fourth-order valence-electron chi connectivity index (χ4n) is 4.19. The molecule has 2 heterocycles. The standard InChI is InChI=1S/C19H25F2N3O/c20-14-5-6-17(21)16(11-14)18(13-3-4-13)22-19(25)24-10-7-15(12-24)23-8-1-2-9-23/h5-6,11,13,15,18H,1-4,7-10,12H2,(H,22,25)/t15-,18+/m0/s1. The third-order valence-corrected chi connectivity index (χ3v) is 5.77. The van der Waals surface area contributed by atoms with Crippen molar-refractivity contribution in [3.8, 4) is 0 Å². The highest BCUT2D eigenvalue weighted by Gasteiger charge is 2.38. The van der Waals surface area contributed by atoms with Gasteiger partial charge in [-0.25, -0.2) is 13.6 Å². The van der Waals surface area contributed by atoms with E-state index in [4.69, 9.17) is 0 Å². The monoisotopic (exact) mass is 349 g/mol. The lowest BCUT2D eigenvalue weighted by Gasteiger charge is -2.26. The average molecular weight is 349 g/mol. The molecule has 6 heteroatoms. The Bertz CT molecular complexity index is 644. The lowest BCUT2D eigenvalue weighted by Crippen LogP contribution is -2.43. The summed E-state index contributed by atoms with van der Waals surface area (Å²) in [6.07, 6.45) is 5.36. The van der Waals surface area contributed by atoms with Crippen LogP contribution in [0, 0.1) is 17.6 Å². The van der Waals surface area contributed by atoms with Gasteiger partial charge in [0.05, 0.1) is 6.04 Å². The molecule has 2 atom stereocenters. The topological polar surface area (TPSA) is 35.6 Å². The Morgan fingerprint density at radius 2 is 1.88 bits per heavy atom. The maximum atomic E-state index is 14.2. The van der Waals surface area contributed by atoms with Crippen molar-refractivity contribution in [2.24, 2.45) is 5.92 Å². The first kappa shape index (κ1) is 16.8. The maximum absolute atomic E-state index is 14.2. The summed E-state index contributed by atoms with van der Waals surface area (Å²) in [6, 6.07) is 3.34. The fourth-order valence-corrected chi connectivity index (χ4v) is 4.19. The van der Waals surface area contributed by atoms with Crippen LogP contribution in [0.2, 0.25) is 0 Å². The molecule has 0 radical (unpaired) electrons. The number of hydrogen-bond acceptors (Lipinski definition) is 2. The first-order valence-electron chi connectivity index (χ1n) is 9.36. The van der Waals surface area contributed by atoms with Gasteiger partial charge in [-0.3, -0.25) is 4.90 Å². The van der Waals surface area contributed by atoms with Crippen molar-refractivity contribution < 1.29 is 13.6 Å². The molecule has 0 bridgehead atoms. The van der Waals surface area contributed by atoms with Crippen LogP contribution >= 0.6 is 0 Å². The molecule has 1 aliphatic carbocycles. The Morgan fingerprint density at radius 3 is 2.60 bits per heavy atom. The first-order valence-corrected chi connectivity index (χ1v) is 9.36. The Hall–Kier alpha value is -1.69. The largest absolute Gasteiger partial charge is 0.331 e. The number of benzene rings is 1. The molecule has 0 aromatic heterocycles. The first-order chi connectivity index (χ1) is 12.1. The number of carbonyl (C=O) groups is 1. The molecule has 2 amide bonds. The Morgan fingerprint density at radius 1 is 1.12 bits per heavy atom. The van der Waals surface area contributed by atoms with Crippen LogP contribution in [0.25, 0.3) is 0 Å². The Balaban J connectivity index is 1.42. The summed E-state index contributed by atoms with van der Waals surface area (Å²) in [5.41, 5.74) is 0.270. The summed E-state index contributed by atoms with van der Waals surface area (Å²) < 4.78 is 27.7. The van der Waals surface area contributed by atoms with Crippen LogP contribution < -0.4 is 5.32 Å². The van der Waals surface area contributed by atoms with Crippen molar-refractivity contribution in [2.75, 3.05) is 26.2 Å². The van der Waals surface area contributed by atoms with Crippen molar-refractivity contribution in [2.45, 2.75) is 44.2 Å². The van der Waals surface area contributed by atoms with E-state index < -0.39 is 17.7 Å². The summed E-state index contributed by atoms with van der Waals surface area (Å²) in [7, 11) is 0. The van der Waals surface area contributed by atoms with Crippen LogP contribution in [-0.4, -0.2) is 48.1 Å². The van der Waals surface area contributed by atoms with Crippen molar-refractivity contribution >= 4 is 6.03 Å². The van der Waals surface area contributed by atoms with Crippen molar-refractivity contribution in [3.05, 3.63) is 35.4 Å². The van der Waals surface area contributed by atoms with E-state index in [0.29, 0.717) is 6.04 Å². The van der Waals surface area contributed by atoms with Gasteiger partial charge in [-0.15, -0.1) is 0 Å². The van der Waals surface area contributed by atoms with Crippen molar-refractivity contribution in [1.29, 1.82) is 0 Å². The van der Waals surface area contributed by atoms with Gasteiger partial charge in [0, 0.05) is 24.7 Å². The van der Waals surface area contributed by atoms with E-state index in [9.17, 15) is 13.6 Å². The summed E-state index contributed by atoms with van der Waals surface area (Å²) in [5.74, 6) is -0.709. The molecule has 3 aliphatic rings. The second-order valence-corrected chi connectivity index (χ2v) is 7.56. The second kappa shape index (κ2) is 6.90. The maximum Gasteiger partial charge on any atom is 0.317 e. The highest BCUT2D eigenvalue weighted by atomic mass is 19.1. The number of nitrogens with one attached hydrogen (secondary N) is 1. The summed E-state index contributed by atoms with van der Waals surface area (Å²) in [4.78, 5) is 17.0. The third-order valence-electron chi connectivity index (χ3n) is 5.77. The second-order valence-electron chi connectivity index (χ2n) is 7.56. The van der Waals surface area contributed by atoms with E-state index in [1.807, 2.05) is 4.90 Å². The predicted molar refractivity (Wildman–Crippen MR) is 91.1 cm³/mol. The third kappa shape index (κ3) is 3.64. The molecule has 1 N–H and O–H groups in total. The number of halogens is 2. The van der Waals surface area contributed by atoms with Crippen molar-refractivity contribution in [3.63, 3.8) is 0 Å². The highest BCUT2D eigenvalue weighted by Crippen LogP contribution is 2.42. The summed E-state index contributed by atoms with van der Waals surface area (Å²) >= 11 is 0. The molecule has 3 fully saturated rings. The Labute approximate surface area is 147 Å². The van der Waals surface area contributed by atoms with Crippen LogP contribution in [0.15, 0.2) is 18.2 Å². The van der Waals surface area contributed by atoms with Gasteiger partial charge in [0.1, 0.15) is 11.6 Å². The lowest BCUT2D eigenvalue weighted by molar-refractivity contribution is 0.193. The average Bonchev–Trinajstić information content (AvgIpc) is 3.10. The van der Waals surface area contributed by atoms with Crippen LogP contribution in [-0.2, 0) is 0 Å². The van der Waals surface area contributed by atoms with Crippen LogP contribution in [0.4, 0.5) is 13.6 Å². The van der Waals surface area contributed by atoms with Gasteiger partial charge < -0.3 is 10.2 Å². The molecular formula is C19H25F2N3O. The molecule has 2 saturated heterocycles. The number of urea groups is 1. The van der Waals surface area contributed by atoms with E-state index in [-0.39, 0.29) is 17.5 Å². The van der Waals surface area contributed by atoms with Gasteiger partial charge >= 0.3 is 6.03 Å². The Kier molecular flexibility index (Phi) is 4.63. The quantitative estimate of drug-likeness (QED) is 0.905. The fraction of sp³-hybridized carbons (Fsp3) is 0.632. The van der Waals surface area contributed by atoms with E-state index in [0.717, 1.165) is 57.6 Å². The molecule has 1 saturated carbocycles. The molecule has 0 unspecified atom stereocenters. The van der Waals surface area contributed by atoms with Crippen LogP contribution in [0.3, 0.4) is 0 Å². The molecule has 1 aromatic rings. The SMILES string of the molecule is O=C(N[C@@H](c1cc(F)ccc1F)C1CC1)N1CC[C@H](N2CCCC2)C1. The number of nitrogens with zero attached hydrogens (tertiary/aromatic N) is 2. The number of rotatable bonds is 4. The normalized spacial score (nSPS) is 25.4. The molecule has 136 valence electrons. The molecule has 1 aromatic carbocycles. The lowest BCUT2D eigenvalue weighted by atomic mass is 10.0. The minimum atomic E-state index is -0.466. The molecule has 0 spiro atoms. The van der Waals surface area contributed by atoms with Gasteiger partial charge in [0.25, 0.3) is 0 Å². The zero-order valence-corrected chi connectivity index (χ0v) is 14.4. The van der Waals surface area contributed by atoms with Crippen LogP contribution in [0.5, 0.6) is 0 Å². The molecule has 2 aliphatic heterocycles. The molecule has 4 rings (SSSR count). The van der Waals surface area contributed by atoms with Gasteiger partial charge in [-0.05, 0) is 69.3 Å². The summed E-state index contributed by atoms with van der Waals surface area (Å²) in [6.45, 7) is 3.71. The van der Waals surface area contributed by atoms with E-state index in [1.54, 1.807) is 0 Å².